The Labute approximate surface area is 156 Å². The van der Waals surface area contributed by atoms with Crippen molar-refractivity contribution in [1.82, 2.24) is 14.8 Å². The Kier molecular flexibility index (Phi) is 4.16. The SMILES string of the molecule is COc1cccc(-n2nc(C)c3c(-c4ccc(O)c(OC)c4)ccnc32)c1. The highest BCUT2D eigenvalue weighted by Crippen LogP contribution is 2.36. The number of nitrogens with zero attached hydrogens (tertiary/aromatic N) is 3. The van der Waals surface area contributed by atoms with Gasteiger partial charge in [-0.2, -0.15) is 5.10 Å². The minimum absolute atomic E-state index is 0.107. The van der Waals surface area contributed by atoms with Gasteiger partial charge in [0, 0.05) is 12.3 Å². The summed E-state index contributed by atoms with van der Waals surface area (Å²) in [4.78, 5) is 4.56. The number of aromatic hydroxyl groups is 1. The summed E-state index contributed by atoms with van der Waals surface area (Å²) in [7, 11) is 3.17. The first kappa shape index (κ1) is 16.9. The Morgan fingerprint density at radius 2 is 1.85 bits per heavy atom. The van der Waals surface area contributed by atoms with Gasteiger partial charge in [0.25, 0.3) is 0 Å². The van der Waals surface area contributed by atoms with Crippen LogP contribution in [0, 0.1) is 6.92 Å². The number of methoxy groups -OCH3 is 2. The molecule has 0 amide bonds. The Morgan fingerprint density at radius 3 is 2.63 bits per heavy atom. The lowest BCUT2D eigenvalue weighted by atomic mass is 10.0. The van der Waals surface area contributed by atoms with E-state index in [1.165, 1.54) is 7.11 Å². The minimum Gasteiger partial charge on any atom is -0.504 e. The number of rotatable bonds is 4. The van der Waals surface area contributed by atoms with Crippen LogP contribution in [0.3, 0.4) is 0 Å². The van der Waals surface area contributed by atoms with E-state index in [2.05, 4.69) is 4.98 Å². The molecule has 4 rings (SSSR count). The first-order chi connectivity index (χ1) is 13.1. The van der Waals surface area contributed by atoms with Gasteiger partial charge in [-0.15, -0.1) is 0 Å². The van der Waals surface area contributed by atoms with Crippen molar-refractivity contribution >= 4 is 11.0 Å². The van der Waals surface area contributed by atoms with E-state index < -0.39 is 0 Å². The number of fused-ring (bicyclic) bond motifs is 1. The Balaban J connectivity index is 1.94. The molecule has 2 heterocycles. The smallest absolute Gasteiger partial charge is 0.163 e. The number of ether oxygens (including phenoxy) is 2. The average molecular weight is 361 g/mol. The molecule has 2 aromatic heterocycles. The lowest BCUT2D eigenvalue weighted by molar-refractivity contribution is 0.373. The summed E-state index contributed by atoms with van der Waals surface area (Å²) < 4.78 is 12.4. The molecule has 0 saturated heterocycles. The topological polar surface area (TPSA) is 69.4 Å². The Hall–Kier alpha value is -3.54. The molecule has 0 unspecified atom stereocenters. The van der Waals surface area contributed by atoms with Crippen LogP contribution in [0.15, 0.2) is 54.7 Å². The molecule has 1 N–H and O–H groups in total. The lowest BCUT2D eigenvalue weighted by Gasteiger charge is -2.09. The maximum atomic E-state index is 9.89. The number of hydrogen-bond acceptors (Lipinski definition) is 5. The zero-order valence-electron chi connectivity index (χ0n) is 15.3. The van der Waals surface area contributed by atoms with Crippen LogP contribution in [-0.2, 0) is 0 Å². The van der Waals surface area contributed by atoms with Gasteiger partial charge in [-0.05, 0) is 48.4 Å². The van der Waals surface area contributed by atoms with Crippen LogP contribution in [-0.4, -0.2) is 34.1 Å². The normalized spacial score (nSPS) is 10.9. The maximum absolute atomic E-state index is 9.89. The van der Waals surface area contributed by atoms with Crippen molar-refractivity contribution in [2.24, 2.45) is 0 Å². The van der Waals surface area contributed by atoms with E-state index >= 15 is 0 Å². The predicted molar refractivity (Wildman–Crippen MR) is 104 cm³/mol. The summed E-state index contributed by atoms with van der Waals surface area (Å²) in [5.41, 5.74) is 4.39. The molecular formula is C21H19N3O3. The van der Waals surface area contributed by atoms with Crippen molar-refractivity contribution in [3.05, 3.63) is 60.4 Å². The molecular weight excluding hydrogens is 342 g/mol. The van der Waals surface area contributed by atoms with Gasteiger partial charge in [-0.25, -0.2) is 9.67 Å². The standard InChI is InChI=1S/C21H19N3O3/c1-13-20-17(14-7-8-18(25)19(11-14)27-3)9-10-22-21(20)24(23-13)15-5-4-6-16(12-15)26-2/h4-12,25H,1-3H3. The van der Waals surface area contributed by atoms with Gasteiger partial charge in [-0.3, -0.25) is 0 Å². The monoisotopic (exact) mass is 361 g/mol. The summed E-state index contributed by atoms with van der Waals surface area (Å²) in [6.07, 6.45) is 1.76. The van der Waals surface area contributed by atoms with Crippen LogP contribution in [0.4, 0.5) is 0 Å². The Morgan fingerprint density at radius 1 is 1.00 bits per heavy atom. The average Bonchev–Trinajstić information content (AvgIpc) is 3.05. The number of phenols is 1. The van der Waals surface area contributed by atoms with E-state index in [1.807, 2.05) is 54.1 Å². The number of benzene rings is 2. The van der Waals surface area contributed by atoms with Crippen LogP contribution >= 0.6 is 0 Å². The zero-order chi connectivity index (χ0) is 19.0. The van der Waals surface area contributed by atoms with Crippen molar-refractivity contribution in [2.75, 3.05) is 14.2 Å². The van der Waals surface area contributed by atoms with E-state index in [-0.39, 0.29) is 5.75 Å². The van der Waals surface area contributed by atoms with Crippen LogP contribution in [0.2, 0.25) is 0 Å². The van der Waals surface area contributed by atoms with E-state index in [9.17, 15) is 5.11 Å². The van der Waals surface area contributed by atoms with Gasteiger partial charge in [0.05, 0.1) is 31.0 Å². The van der Waals surface area contributed by atoms with Crippen LogP contribution < -0.4 is 9.47 Å². The molecule has 0 radical (unpaired) electrons. The molecule has 0 aliphatic carbocycles. The maximum Gasteiger partial charge on any atom is 0.163 e. The third kappa shape index (κ3) is 2.85. The Bertz CT molecular complexity index is 1130. The van der Waals surface area contributed by atoms with Gasteiger partial charge in [0.15, 0.2) is 17.1 Å². The second-order valence-corrected chi connectivity index (χ2v) is 6.14. The summed E-state index contributed by atoms with van der Waals surface area (Å²) in [5.74, 6) is 1.29. The number of hydrogen-bond donors (Lipinski definition) is 1. The molecule has 6 heteroatoms. The second kappa shape index (κ2) is 6.64. The van der Waals surface area contributed by atoms with Gasteiger partial charge in [0.2, 0.25) is 0 Å². The fraction of sp³-hybridized carbons (Fsp3) is 0.143. The molecule has 6 nitrogen and oxygen atoms in total. The van der Waals surface area contributed by atoms with E-state index in [1.54, 1.807) is 19.4 Å². The van der Waals surface area contributed by atoms with Crippen LogP contribution in [0.1, 0.15) is 5.69 Å². The van der Waals surface area contributed by atoms with Crippen molar-refractivity contribution in [3.63, 3.8) is 0 Å². The van der Waals surface area contributed by atoms with E-state index in [4.69, 9.17) is 14.6 Å². The van der Waals surface area contributed by atoms with Crippen molar-refractivity contribution in [2.45, 2.75) is 6.92 Å². The molecule has 0 atom stereocenters. The molecule has 0 saturated carbocycles. The third-order valence-electron chi connectivity index (χ3n) is 4.53. The minimum atomic E-state index is 0.107. The molecule has 136 valence electrons. The van der Waals surface area contributed by atoms with Gasteiger partial charge in [-0.1, -0.05) is 12.1 Å². The summed E-state index contributed by atoms with van der Waals surface area (Å²) >= 11 is 0. The number of phenolic OH excluding ortho intramolecular Hbond substituents is 1. The molecule has 0 fully saturated rings. The lowest BCUT2D eigenvalue weighted by Crippen LogP contribution is -1.98. The largest absolute Gasteiger partial charge is 0.504 e. The van der Waals surface area contributed by atoms with Crippen LogP contribution in [0.5, 0.6) is 17.2 Å². The molecule has 27 heavy (non-hydrogen) atoms. The number of pyridine rings is 1. The van der Waals surface area contributed by atoms with Crippen molar-refractivity contribution in [3.8, 4) is 34.1 Å². The fourth-order valence-corrected chi connectivity index (χ4v) is 3.22. The summed E-state index contributed by atoms with van der Waals surface area (Å²) in [6, 6.07) is 14.9. The first-order valence-electron chi connectivity index (χ1n) is 8.48. The highest BCUT2D eigenvalue weighted by Gasteiger charge is 2.16. The molecule has 0 aliphatic rings. The summed E-state index contributed by atoms with van der Waals surface area (Å²) in [6.45, 7) is 1.96. The second-order valence-electron chi connectivity index (χ2n) is 6.14. The van der Waals surface area contributed by atoms with E-state index in [0.29, 0.717) is 5.75 Å². The third-order valence-corrected chi connectivity index (χ3v) is 4.53. The quantitative estimate of drug-likeness (QED) is 0.592. The molecule has 0 spiro atoms. The molecule has 4 aromatic rings. The zero-order valence-corrected chi connectivity index (χ0v) is 15.3. The molecule has 0 bridgehead atoms. The molecule has 0 aliphatic heterocycles. The van der Waals surface area contributed by atoms with Crippen molar-refractivity contribution < 1.29 is 14.6 Å². The fourth-order valence-electron chi connectivity index (χ4n) is 3.22. The van der Waals surface area contributed by atoms with Crippen molar-refractivity contribution in [1.29, 1.82) is 0 Å². The first-order valence-corrected chi connectivity index (χ1v) is 8.48. The number of aromatic nitrogens is 3. The van der Waals surface area contributed by atoms with Crippen LogP contribution in [0.25, 0.3) is 27.8 Å². The van der Waals surface area contributed by atoms with Gasteiger partial charge in [0.1, 0.15) is 5.75 Å². The highest BCUT2D eigenvalue weighted by atomic mass is 16.5. The summed E-state index contributed by atoms with van der Waals surface area (Å²) in [5, 5.41) is 15.5. The molecule has 2 aromatic carbocycles. The van der Waals surface area contributed by atoms with E-state index in [0.717, 1.165) is 39.3 Å². The van der Waals surface area contributed by atoms with Gasteiger partial charge >= 0.3 is 0 Å². The highest BCUT2D eigenvalue weighted by molar-refractivity contribution is 5.95. The number of aryl methyl sites for hydroxylation is 1. The predicted octanol–water partition coefficient (Wildman–Crippen LogP) is 4.12. The van der Waals surface area contributed by atoms with Gasteiger partial charge < -0.3 is 14.6 Å².